The van der Waals surface area contributed by atoms with Gasteiger partial charge in [0.1, 0.15) is 0 Å². The molecule has 0 N–H and O–H groups in total. The van der Waals surface area contributed by atoms with Crippen molar-refractivity contribution in [2.75, 3.05) is 0 Å². The molecule has 1 aromatic rings. The second-order valence-electron chi connectivity index (χ2n) is 8.36. The molecule has 1 aromatic carbocycles. The molecule has 0 spiro atoms. The van der Waals surface area contributed by atoms with Crippen LogP contribution in [0, 0.1) is 0 Å². The minimum Gasteiger partial charge on any atom is -0.211 e. The molecule has 2 aliphatic heterocycles. The fraction of sp³-hybridized carbons (Fsp3) is 0.714. The average Bonchev–Trinajstić information content (AvgIpc) is 2.68. The summed E-state index contributed by atoms with van der Waals surface area (Å²) in [7, 11) is -0.751. The Morgan fingerprint density at radius 3 is 2.04 bits per heavy atom. The van der Waals surface area contributed by atoms with Crippen LogP contribution in [0.2, 0.25) is 35.8 Å². The zero-order valence-electron chi connectivity index (χ0n) is 16.2. The molecule has 2 radical (unpaired) electrons. The van der Waals surface area contributed by atoms with Crippen molar-refractivity contribution < 1.29 is 22.0 Å². The number of alkyl halides is 5. The molecule has 0 bridgehead atoms. The zero-order chi connectivity index (χ0) is 20.1. The van der Waals surface area contributed by atoms with Gasteiger partial charge in [-0.1, -0.05) is 61.6 Å². The predicted octanol–water partition coefficient (Wildman–Crippen LogP) is 7.78. The first-order valence-electron chi connectivity index (χ1n) is 10.5. The SMILES string of the molecule is FC(F)CCC[Si]1CCC([Si]2CCC(c3ccc(C(F)(F)F)cc3)CC2)CC1. The van der Waals surface area contributed by atoms with Gasteiger partial charge in [0.2, 0.25) is 6.43 Å². The molecule has 2 saturated heterocycles. The normalized spacial score (nSPS) is 21.5. The van der Waals surface area contributed by atoms with Crippen molar-refractivity contribution in [2.24, 2.45) is 0 Å². The summed E-state index contributed by atoms with van der Waals surface area (Å²) in [6, 6.07) is 12.0. The Labute approximate surface area is 168 Å². The van der Waals surface area contributed by atoms with E-state index < -0.39 is 27.0 Å². The number of halogens is 5. The van der Waals surface area contributed by atoms with Crippen molar-refractivity contribution in [1.29, 1.82) is 0 Å². The quantitative estimate of drug-likeness (QED) is 0.318. The average molecular weight is 433 g/mol. The first-order chi connectivity index (χ1) is 13.3. The Kier molecular flexibility index (Phi) is 7.76. The number of rotatable bonds is 6. The first kappa shape index (κ1) is 22.0. The molecule has 28 heavy (non-hydrogen) atoms. The van der Waals surface area contributed by atoms with E-state index in [1.807, 2.05) is 0 Å². The van der Waals surface area contributed by atoms with Crippen LogP contribution in [-0.4, -0.2) is 24.0 Å². The summed E-state index contributed by atoms with van der Waals surface area (Å²) in [4.78, 5) is 0. The number of hydrogen-bond acceptors (Lipinski definition) is 0. The van der Waals surface area contributed by atoms with Crippen molar-refractivity contribution in [2.45, 2.75) is 92.8 Å². The monoisotopic (exact) mass is 432 g/mol. The fourth-order valence-electron chi connectivity index (χ4n) is 4.87. The van der Waals surface area contributed by atoms with Gasteiger partial charge in [-0.2, -0.15) is 13.2 Å². The Balaban J connectivity index is 1.41. The summed E-state index contributed by atoms with van der Waals surface area (Å²) >= 11 is 0. The van der Waals surface area contributed by atoms with E-state index in [4.69, 9.17) is 0 Å². The molecule has 0 amide bonds. The van der Waals surface area contributed by atoms with Crippen LogP contribution in [0.4, 0.5) is 22.0 Å². The summed E-state index contributed by atoms with van der Waals surface area (Å²) in [5.74, 6) is 0.411. The lowest BCUT2D eigenvalue weighted by Crippen LogP contribution is -2.30. The second kappa shape index (κ2) is 9.87. The molecule has 2 fully saturated rings. The maximum Gasteiger partial charge on any atom is 0.416 e. The molecular weight excluding hydrogens is 403 g/mol. The Hall–Kier alpha value is -0.696. The lowest BCUT2D eigenvalue weighted by molar-refractivity contribution is -0.137. The molecule has 0 unspecified atom stereocenters. The van der Waals surface area contributed by atoms with Gasteiger partial charge in [0.15, 0.2) is 0 Å². The lowest BCUT2D eigenvalue weighted by Gasteiger charge is -2.36. The Morgan fingerprint density at radius 1 is 0.893 bits per heavy atom. The van der Waals surface area contributed by atoms with Gasteiger partial charge in [-0.25, -0.2) is 8.78 Å². The maximum atomic E-state index is 12.7. The Morgan fingerprint density at radius 2 is 1.50 bits per heavy atom. The van der Waals surface area contributed by atoms with Gasteiger partial charge < -0.3 is 0 Å². The minimum atomic E-state index is -4.26. The predicted molar refractivity (Wildman–Crippen MR) is 107 cm³/mol. The third-order valence-electron chi connectivity index (χ3n) is 6.56. The summed E-state index contributed by atoms with van der Waals surface area (Å²) in [5.41, 5.74) is 1.37. The fourth-order valence-corrected chi connectivity index (χ4v) is 12.0. The highest BCUT2D eigenvalue weighted by Gasteiger charge is 2.34. The van der Waals surface area contributed by atoms with Gasteiger partial charge in [0, 0.05) is 15.2 Å². The number of hydrogen-bond donors (Lipinski definition) is 0. The van der Waals surface area contributed by atoms with E-state index in [0.717, 1.165) is 30.0 Å². The third kappa shape index (κ3) is 6.15. The molecule has 2 aliphatic rings. The van der Waals surface area contributed by atoms with Gasteiger partial charge in [0.25, 0.3) is 0 Å². The van der Waals surface area contributed by atoms with E-state index in [1.165, 1.54) is 49.2 Å². The maximum absolute atomic E-state index is 12.7. The van der Waals surface area contributed by atoms with E-state index >= 15 is 0 Å². The molecular formula is C21H29F5Si2. The van der Waals surface area contributed by atoms with Gasteiger partial charge in [-0.3, -0.25) is 0 Å². The summed E-state index contributed by atoms with van der Waals surface area (Å²) in [6.45, 7) is 0. The molecule has 2 heterocycles. The Bertz CT molecular complexity index is 586. The van der Waals surface area contributed by atoms with E-state index in [-0.39, 0.29) is 15.2 Å². The molecule has 0 aromatic heterocycles. The van der Waals surface area contributed by atoms with Crippen LogP contribution in [0.3, 0.4) is 0 Å². The van der Waals surface area contributed by atoms with Gasteiger partial charge in [0.05, 0.1) is 14.4 Å². The van der Waals surface area contributed by atoms with E-state index in [9.17, 15) is 22.0 Å². The van der Waals surface area contributed by atoms with E-state index in [2.05, 4.69) is 0 Å². The van der Waals surface area contributed by atoms with Crippen molar-refractivity contribution in [3.05, 3.63) is 35.4 Å². The van der Waals surface area contributed by atoms with Crippen molar-refractivity contribution in [1.82, 2.24) is 0 Å². The molecule has 0 nitrogen and oxygen atoms in total. The van der Waals surface area contributed by atoms with Crippen LogP contribution in [0.25, 0.3) is 0 Å². The van der Waals surface area contributed by atoms with Gasteiger partial charge >= 0.3 is 6.18 Å². The highest BCUT2D eigenvalue weighted by Crippen LogP contribution is 2.43. The van der Waals surface area contributed by atoms with Crippen molar-refractivity contribution >= 4 is 17.6 Å². The molecule has 3 rings (SSSR count). The minimum absolute atomic E-state index is 0.0674. The molecule has 7 heteroatoms. The van der Waals surface area contributed by atoms with Crippen LogP contribution in [0.5, 0.6) is 0 Å². The lowest BCUT2D eigenvalue weighted by atomic mass is 9.93. The summed E-state index contributed by atoms with van der Waals surface area (Å²) < 4.78 is 62.7. The third-order valence-corrected chi connectivity index (χ3v) is 13.2. The summed E-state index contributed by atoms with van der Waals surface area (Å²) in [5, 5.41) is 0. The van der Waals surface area contributed by atoms with Crippen molar-refractivity contribution in [3.8, 4) is 0 Å². The molecule has 0 aliphatic carbocycles. The standard InChI is InChI=1S/C21H29F5Si2/c22-20(23)2-1-11-27-12-9-19(10-13-27)28-14-7-17(8-15-28)16-3-5-18(6-4-16)21(24,25)26/h3-6,17,19-20H,1-2,7-15H2. The molecule has 156 valence electrons. The zero-order valence-corrected chi connectivity index (χ0v) is 18.2. The largest absolute Gasteiger partial charge is 0.416 e. The van der Waals surface area contributed by atoms with Crippen LogP contribution >= 0.6 is 0 Å². The van der Waals surface area contributed by atoms with Crippen LogP contribution in [0.15, 0.2) is 24.3 Å². The summed E-state index contributed by atoms with van der Waals surface area (Å²) in [6.07, 6.45) is -0.803. The highest BCUT2D eigenvalue weighted by atomic mass is 28.3. The highest BCUT2D eigenvalue weighted by molar-refractivity contribution is 6.63. The van der Waals surface area contributed by atoms with E-state index in [0.29, 0.717) is 12.3 Å². The molecule has 0 saturated carbocycles. The van der Waals surface area contributed by atoms with Crippen LogP contribution < -0.4 is 0 Å². The van der Waals surface area contributed by atoms with Gasteiger partial charge in [-0.05, 0) is 42.0 Å². The topological polar surface area (TPSA) is 0 Å². The first-order valence-corrected chi connectivity index (χ1v) is 14.6. The van der Waals surface area contributed by atoms with Crippen molar-refractivity contribution in [3.63, 3.8) is 0 Å². The van der Waals surface area contributed by atoms with Crippen LogP contribution in [-0.2, 0) is 6.18 Å². The smallest absolute Gasteiger partial charge is 0.211 e. The van der Waals surface area contributed by atoms with E-state index in [1.54, 1.807) is 12.1 Å². The molecule has 0 atom stereocenters. The second-order valence-corrected chi connectivity index (χ2v) is 14.5. The van der Waals surface area contributed by atoms with Gasteiger partial charge in [-0.15, -0.1) is 0 Å². The van der Waals surface area contributed by atoms with Crippen LogP contribution in [0.1, 0.15) is 55.6 Å². The number of benzene rings is 1.